The fraction of sp³-hybridized carbons (Fsp3) is 0.286. The van der Waals surface area contributed by atoms with Gasteiger partial charge in [-0.25, -0.2) is 8.78 Å². The van der Waals surface area contributed by atoms with Crippen LogP contribution in [0.25, 0.3) is 0 Å². The SMILES string of the molecule is NCc1ncc(I)c(Br)c1C(F)F. The first-order chi connectivity index (χ1) is 6.07. The Morgan fingerprint density at radius 1 is 1.62 bits per heavy atom. The average molecular weight is 363 g/mol. The minimum atomic E-state index is -2.55. The normalized spacial score (nSPS) is 10.9. The summed E-state index contributed by atoms with van der Waals surface area (Å²) in [4.78, 5) is 3.84. The number of hydrogen-bond acceptors (Lipinski definition) is 2. The molecule has 0 bridgehead atoms. The van der Waals surface area contributed by atoms with Gasteiger partial charge in [0.05, 0.1) is 11.3 Å². The number of nitrogens with two attached hydrogens (primary N) is 1. The second-order valence-electron chi connectivity index (χ2n) is 2.29. The van der Waals surface area contributed by atoms with Gasteiger partial charge in [0.15, 0.2) is 0 Å². The molecule has 1 aromatic rings. The van der Waals surface area contributed by atoms with Crippen molar-refractivity contribution in [3.05, 3.63) is 25.5 Å². The van der Waals surface area contributed by atoms with E-state index in [0.717, 1.165) is 0 Å². The molecule has 2 nitrogen and oxygen atoms in total. The average Bonchev–Trinajstić information content (AvgIpc) is 2.08. The fourth-order valence-electron chi connectivity index (χ4n) is 0.901. The van der Waals surface area contributed by atoms with Crippen LogP contribution in [0.2, 0.25) is 0 Å². The molecule has 0 unspecified atom stereocenters. The van der Waals surface area contributed by atoms with Crippen LogP contribution < -0.4 is 5.73 Å². The molecule has 6 heteroatoms. The number of aromatic nitrogens is 1. The Hall–Kier alpha value is 0.180. The number of rotatable bonds is 2. The van der Waals surface area contributed by atoms with Crippen molar-refractivity contribution in [2.24, 2.45) is 5.73 Å². The molecule has 0 saturated carbocycles. The van der Waals surface area contributed by atoms with Gasteiger partial charge in [-0.3, -0.25) is 4.98 Å². The summed E-state index contributed by atoms with van der Waals surface area (Å²) in [5, 5.41) is 0. The van der Waals surface area contributed by atoms with Gasteiger partial charge in [0.25, 0.3) is 6.43 Å². The van der Waals surface area contributed by atoms with E-state index >= 15 is 0 Å². The molecule has 0 spiro atoms. The molecule has 1 rings (SSSR count). The molecular weight excluding hydrogens is 357 g/mol. The van der Waals surface area contributed by atoms with Crippen molar-refractivity contribution in [3.63, 3.8) is 0 Å². The van der Waals surface area contributed by atoms with Crippen LogP contribution in [-0.4, -0.2) is 4.98 Å². The molecule has 0 saturated heterocycles. The van der Waals surface area contributed by atoms with Crippen LogP contribution >= 0.6 is 38.5 Å². The molecule has 0 aromatic carbocycles. The standard InChI is InChI=1S/C7H6BrF2IN2/c8-6-3(11)2-13-4(1-12)5(6)7(9)10/h2,7H,1,12H2. The number of pyridine rings is 1. The second kappa shape index (κ2) is 4.61. The Kier molecular flexibility index (Phi) is 3.99. The van der Waals surface area contributed by atoms with Crippen LogP contribution in [0.3, 0.4) is 0 Å². The predicted octanol–water partition coefficient (Wildman–Crippen LogP) is 2.85. The lowest BCUT2D eigenvalue weighted by molar-refractivity contribution is 0.148. The number of alkyl halides is 2. The first-order valence-corrected chi connectivity index (χ1v) is 5.26. The Balaban J connectivity index is 3.32. The lowest BCUT2D eigenvalue weighted by Crippen LogP contribution is -2.06. The summed E-state index contributed by atoms with van der Waals surface area (Å²) in [7, 11) is 0. The zero-order valence-electron chi connectivity index (χ0n) is 6.40. The minimum Gasteiger partial charge on any atom is -0.325 e. The van der Waals surface area contributed by atoms with Gasteiger partial charge in [-0.2, -0.15) is 0 Å². The summed E-state index contributed by atoms with van der Waals surface area (Å²) in [5.41, 5.74) is 5.42. The van der Waals surface area contributed by atoms with Crippen LogP contribution in [0, 0.1) is 3.57 Å². The minimum absolute atomic E-state index is 0.0230. The van der Waals surface area contributed by atoms with Crippen molar-refractivity contribution in [1.82, 2.24) is 4.98 Å². The van der Waals surface area contributed by atoms with E-state index in [9.17, 15) is 8.78 Å². The van der Waals surface area contributed by atoms with Crippen molar-refractivity contribution in [2.45, 2.75) is 13.0 Å². The van der Waals surface area contributed by atoms with E-state index in [1.165, 1.54) is 6.20 Å². The van der Waals surface area contributed by atoms with E-state index in [1.54, 1.807) is 0 Å². The topological polar surface area (TPSA) is 38.9 Å². The molecule has 0 atom stereocenters. The monoisotopic (exact) mass is 362 g/mol. The van der Waals surface area contributed by atoms with Gasteiger partial charge in [0, 0.05) is 20.8 Å². The zero-order chi connectivity index (χ0) is 10.0. The van der Waals surface area contributed by atoms with Gasteiger partial charge in [0.1, 0.15) is 0 Å². The summed E-state index contributed by atoms with van der Waals surface area (Å²) in [6.07, 6.45) is -1.03. The molecule has 0 aliphatic heterocycles. The second-order valence-corrected chi connectivity index (χ2v) is 4.24. The molecule has 1 heterocycles. The molecule has 0 aliphatic carbocycles. The largest absolute Gasteiger partial charge is 0.325 e. The Morgan fingerprint density at radius 3 is 2.69 bits per heavy atom. The van der Waals surface area contributed by atoms with E-state index in [-0.39, 0.29) is 17.8 Å². The van der Waals surface area contributed by atoms with Gasteiger partial charge in [0.2, 0.25) is 0 Å². The van der Waals surface area contributed by atoms with Crippen LogP contribution in [0.4, 0.5) is 8.78 Å². The van der Waals surface area contributed by atoms with Gasteiger partial charge in [-0.1, -0.05) is 0 Å². The maximum absolute atomic E-state index is 12.5. The highest BCUT2D eigenvalue weighted by Crippen LogP contribution is 2.32. The van der Waals surface area contributed by atoms with Crippen molar-refractivity contribution >= 4 is 38.5 Å². The van der Waals surface area contributed by atoms with Gasteiger partial charge in [-0.05, 0) is 38.5 Å². The highest BCUT2D eigenvalue weighted by atomic mass is 127. The number of hydrogen-bond donors (Lipinski definition) is 1. The molecule has 0 radical (unpaired) electrons. The highest BCUT2D eigenvalue weighted by molar-refractivity contribution is 14.1. The van der Waals surface area contributed by atoms with Crippen LogP contribution in [-0.2, 0) is 6.54 Å². The maximum atomic E-state index is 12.5. The fourth-order valence-corrected chi connectivity index (χ4v) is 1.83. The lowest BCUT2D eigenvalue weighted by Gasteiger charge is -2.09. The predicted molar refractivity (Wildman–Crippen MR) is 57.5 cm³/mol. The van der Waals surface area contributed by atoms with Crippen molar-refractivity contribution < 1.29 is 8.78 Å². The third-order valence-corrected chi connectivity index (χ3v) is 3.92. The molecule has 2 N–H and O–H groups in total. The molecule has 13 heavy (non-hydrogen) atoms. The third-order valence-electron chi connectivity index (χ3n) is 1.50. The van der Waals surface area contributed by atoms with Crippen LogP contribution in [0.15, 0.2) is 10.7 Å². The quantitative estimate of drug-likeness (QED) is 0.821. The van der Waals surface area contributed by atoms with Crippen molar-refractivity contribution in [3.8, 4) is 0 Å². The van der Waals surface area contributed by atoms with E-state index < -0.39 is 6.43 Å². The summed E-state index contributed by atoms with van der Waals surface area (Å²) < 4.78 is 26.1. The van der Waals surface area contributed by atoms with E-state index in [2.05, 4.69) is 20.9 Å². The Morgan fingerprint density at radius 2 is 2.23 bits per heavy atom. The van der Waals surface area contributed by atoms with E-state index in [0.29, 0.717) is 8.04 Å². The van der Waals surface area contributed by atoms with Crippen molar-refractivity contribution in [2.75, 3.05) is 0 Å². The van der Waals surface area contributed by atoms with Gasteiger partial charge in [-0.15, -0.1) is 0 Å². The Labute approximate surface area is 96.2 Å². The molecular formula is C7H6BrF2IN2. The first-order valence-electron chi connectivity index (χ1n) is 3.39. The molecule has 72 valence electrons. The lowest BCUT2D eigenvalue weighted by atomic mass is 10.2. The molecule has 0 aliphatic rings. The third kappa shape index (κ3) is 2.35. The number of nitrogens with zero attached hydrogens (tertiary/aromatic N) is 1. The maximum Gasteiger partial charge on any atom is 0.266 e. The smallest absolute Gasteiger partial charge is 0.266 e. The Bertz CT molecular complexity index is 320. The van der Waals surface area contributed by atoms with E-state index in [4.69, 9.17) is 5.73 Å². The first kappa shape index (κ1) is 11.3. The van der Waals surface area contributed by atoms with E-state index in [1.807, 2.05) is 22.6 Å². The molecule has 0 amide bonds. The summed E-state index contributed by atoms with van der Waals surface area (Å²) >= 11 is 5.02. The summed E-state index contributed by atoms with van der Waals surface area (Å²) in [6, 6.07) is 0. The zero-order valence-corrected chi connectivity index (χ0v) is 10.1. The van der Waals surface area contributed by atoms with Crippen molar-refractivity contribution in [1.29, 1.82) is 0 Å². The summed E-state index contributed by atoms with van der Waals surface area (Å²) in [6.45, 7) is 0.0230. The van der Waals surface area contributed by atoms with Crippen LogP contribution in [0.1, 0.15) is 17.7 Å². The van der Waals surface area contributed by atoms with Gasteiger partial charge >= 0.3 is 0 Å². The van der Waals surface area contributed by atoms with Crippen LogP contribution in [0.5, 0.6) is 0 Å². The molecule has 1 aromatic heterocycles. The molecule has 0 fully saturated rings. The summed E-state index contributed by atoms with van der Waals surface area (Å²) in [5.74, 6) is 0. The van der Waals surface area contributed by atoms with Gasteiger partial charge < -0.3 is 5.73 Å². The highest BCUT2D eigenvalue weighted by Gasteiger charge is 2.18. The number of halogens is 4.